The van der Waals surface area contributed by atoms with Crippen molar-refractivity contribution in [3.8, 4) is 0 Å². The van der Waals surface area contributed by atoms with Crippen LogP contribution in [0.2, 0.25) is 0 Å². The largest absolute Gasteiger partial charge is 0.380 e. The summed E-state index contributed by atoms with van der Waals surface area (Å²) in [6, 6.07) is 0. The number of rotatable bonds is 0. The molecule has 0 aromatic rings. The second-order valence-corrected chi connectivity index (χ2v) is 5.21. The van der Waals surface area contributed by atoms with E-state index in [-0.39, 0.29) is 0 Å². The van der Waals surface area contributed by atoms with E-state index in [0.717, 1.165) is 13.2 Å². The minimum atomic E-state index is 0.570. The SMILES string of the molecule is C1CCSC2(CCC2)COC1. The van der Waals surface area contributed by atoms with Crippen molar-refractivity contribution in [3.63, 3.8) is 0 Å². The molecule has 1 aliphatic carbocycles. The average molecular weight is 172 g/mol. The van der Waals surface area contributed by atoms with Gasteiger partial charge in [-0.15, -0.1) is 0 Å². The summed E-state index contributed by atoms with van der Waals surface area (Å²) in [5, 5.41) is 0. The van der Waals surface area contributed by atoms with Crippen LogP contribution in [0.5, 0.6) is 0 Å². The zero-order valence-corrected chi connectivity index (χ0v) is 7.79. The van der Waals surface area contributed by atoms with Gasteiger partial charge in [-0.1, -0.05) is 6.42 Å². The molecule has 11 heavy (non-hydrogen) atoms. The van der Waals surface area contributed by atoms with Crippen molar-refractivity contribution in [2.24, 2.45) is 0 Å². The monoisotopic (exact) mass is 172 g/mol. The Morgan fingerprint density at radius 2 is 2.00 bits per heavy atom. The lowest BCUT2D eigenvalue weighted by molar-refractivity contribution is 0.0824. The second-order valence-electron chi connectivity index (χ2n) is 3.64. The van der Waals surface area contributed by atoms with Gasteiger partial charge < -0.3 is 4.74 Å². The molecule has 1 spiro atoms. The molecule has 1 saturated carbocycles. The maximum atomic E-state index is 5.61. The number of thioether (sulfide) groups is 1. The molecule has 0 N–H and O–H groups in total. The van der Waals surface area contributed by atoms with Crippen LogP contribution >= 0.6 is 11.8 Å². The van der Waals surface area contributed by atoms with Gasteiger partial charge in [0.1, 0.15) is 0 Å². The summed E-state index contributed by atoms with van der Waals surface area (Å²) in [5.41, 5.74) is 0. The molecule has 0 aromatic heterocycles. The number of hydrogen-bond donors (Lipinski definition) is 0. The van der Waals surface area contributed by atoms with Crippen LogP contribution in [0.25, 0.3) is 0 Å². The van der Waals surface area contributed by atoms with Crippen molar-refractivity contribution >= 4 is 11.8 Å². The summed E-state index contributed by atoms with van der Waals surface area (Å²) >= 11 is 2.16. The van der Waals surface area contributed by atoms with Crippen molar-refractivity contribution in [1.82, 2.24) is 0 Å². The third-order valence-corrected chi connectivity index (χ3v) is 4.35. The number of hydrogen-bond acceptors (Lipinski definition) is 2. The maximum Gasteiger partial charge on any atom is 0.0613 e. The third-order valence-electron chi connectivity index (χ3n) is 2.72. The van der Waals surface area contributed by atoms with Gasteiger partial charge in [0, 0.05) is 11.4 Å². The van der Waals surface area contributed by atoms with E-state index in [4.69, 9.17) is 4.74 Å². The first-order valence-corrected chi connectivity index (χ1v) is 5.62. The zero-order valence-electron chi connectivity index (χ0n) is 6.97. The van der Waals surface area contributed by atoms with Crippen molar-refractivity contribution in [2.45, 2.75) is 36.9 Å². The Labute approximate surface area is 72.9 Å². The Balaban J connectivity index is 1.86. The molecule has 2 fully saturated rings. The van der Waals surface area contributed by atoms with Gasteiger partial charge in [0.15, 0.2) is 0 Å². The molecule has 1 aliphatic heterocycles. The first kappa shape index (κ1) is 7.93. The first-order chi connectivity index (χ1) is 5.41. The van der Waals surface area contributed by atoms with Gasteiger partial charge in [0.05, 0.1) is 6.61 Å². The average Bonchev–Trinajstić information content (AvgIpc) is 1.82. The molecule has 0 amide bonds. The Bertz CT molecular complexity index is 122. The fraction of sp³-hybridized carbons (Fsp3) is 1.00. The maximum absolute atomic E-state index is 5.61. The summed E-state index contributed by atoms with van der Waals surface area (Å²) in [5.74, 6) is 1.36. The summed E-state index contributed by atoms with van der Waals surface area (Å²) in [6.45, 7) is 2.03. The standard InChI is InChI=1S/C9H16OS/c1-2-7-11-9(4-3-5-9)8-10-6-1/h1-8H2. The molecular weight excluding hydrogens is 156 g/mol. The minimum Gasteiger partial charge on any atom is -0.380 e. The van der Waals surface area contributed by atoms with Gasteiger partial charge in [-0.2, -0.15) is 11.8 Å². The molecule has 1 heterocycles. The van der Waals surface area contributed by atoms with Crippen LogP contribution in [0.4, 0.5) is 0 Å². The lowest BCUT2D eigenvalue weighted by Gasteiger charge is -2.42. The molecule has 0 unspecified atom stereocenters. The molecule has 1 saturated heterocycles. The highest BCUT2D eigenvalue weighted by atomic mass is 32.2. The Morgan fingerprint density at radius 1 is 1.09 bits per heavy atom. The quantitative estimate of drug-likeness (QED) is 0.555. The highest BCUT2D eigenvalue weighted by molar-refractivity contribution is 8.00. The molecule has 0 atom stereocenters. The van der Waals surface area contributed by atoms with Crippen molar-refractivity contribution in [3.05, 3.63) is 0 Å². The van der Waals surface area contributed by atoms with Crippen molar-refractivity contribution < 1.29 is 4.74 Å². The lowest BCUT2D eigenvalue weighted by Crippen LogP contribution is -2.39. The van der Waals surface area contributed by atoms with Crippen LogP contribution in [-0.4, -0.2) is 23.7 Å². The van der Waals surface area contributed by atoms with E-state index in [2.05, 4.69) is 11.8 Å². The predicted molar refractivity (Wildman–Crippen MR) is 49.1 cm³/mol. The summed E-state index contributed by atoms with van der Waals surface area (Å²) in [7, 11) is 0. The van der Waals surface area contributed by atoms with Crippen molar-refractivity contribution in [2.75, 3.05) is 19.0 Å². The van der Waals surface area contributed by atoms with Crippen LogP contribution in [-0.2, 0) is 4.74 Å². The smallest absolute Gasteiger partial charge is 0.0613 e. The fourth-order valence-electron chi connectivity index (χ4n) is 1.75. The molecule has 2 rings (SSSR count). The molecule has 0 radical (unpaired) electrons. The Kier molecular flexibility index (Phi) is 2.42. The van der Waals surface area contributed by atoms with Gasteiger partial charge in [-0.3, -0.25) is 0 Å². The molecule has 1 nitrogen and oxygen atoms in total. The molecule has 0 bridgehead atoms. The summed E-state index contributed by atoms with van der Waals surface area (Å²) < 4.78 is 6.18. The number of ether oxygens (including phenoxy) is 1. The third kappa shape index (κ3) is 1.73. The van der Waals surface area contributed by atoms with Crippen LogP contribution in [0.1, 0.15) is 32.1 Å². The van der Waals surface area contributed by atoms with Gasteiger partial charge in [0.2, 0.25) is 0 Å². The Hall–Kier alpha value is 0.310. The molecule has 2 heteroatoms. The normalized spacial score (nSPS) is 30.5. The molecule has 64 valence electrons. The van der Waals surface area contributed by atoms with Crippen LogP contribution < -0.4 is 0 Å². The van der Waals surface area contributed by atoms with E-state index >= 15 is 0 Å². The second kappa shape index (κ2) is 3.36. The van der Waals surface area contributed by atoms with E-state index in [0.29, 0.717) is 4.75 Å². The molecule has 2 aliphatic rings. The lowest BCUT2D eigenvalue weighted by atomic mass is 9.85. The predicted octanol–water partition coefficient (Wildman–Crippen LogP) is 2.45. The van der Waals surface area contributed by atoms with Gasteiger partial charge >= 0.3 is 0 Å². The van der Waals surface area contributed by atoms with Crippen LogP contribution in [0, 0.1) is 0 Å². The van der Waals surface area contributed by atoms with Gasteiger partial charge in [-0.25, -0.2) is 0 Å². The molecular formula is C9H16OS. The van der Waals surface area contributed by atoms with Gasteiger partial charge in [0.25, 0.3) is 0 Å². The van der Waals surface area contributed by atoms with Crippen LogP contribution in [0.3, 0.4) is 0 Å². The Morgan fingerprint density at radius 3 is 2.73 bits per heavy atom. The van der Waals surface area contributed by atoms with Gasteiger partial charge in [-0.05, 0) is 31.4 Å². The summed E-state index contributed by atoms with van der Waals surface area (Å²) in [4.78, 5) is 0. The first-order valence-electron chi connectivity index (χ1n) is 4.63. The van der Waals surface area contributed by atoms with Crippen LogP contribution in [0.15, 0.2) is 0 Å². The zero-order chi connectivity index (χ0) is 7.57. The fourth-order valence-corrected chi connectivity index (χ4v) is 3.28. The van der Waals surface area contributed by atoms with E-state index in [1.54, 1.807) is 0 Å². The van der Waals surface area contributed by atoms with E-state index < -0.39 is 0 Å². The minimum absolute atomic E-state index is 0.570. The van der Waals surface area contributed by atoms with E-state index in [1.165, 1.54) is 37.9 Å². The molecule has 0 aromatic carbocycles. The van der Waals surface area contributed by atoms with E-state index in [1.807, 2.05) is 0 Å². The van der Waals surface area contributed by atoms with Crippen molar-refractivity contribution in [1.29, 1.82) is 0 Å². The topological polar surface area (TPSA) is 9.23 Å². The highest BCUT2D eigenvalue weighted by Crippen LogP contribution is 2.45. The highest BCUT2D eigenvalue weighted by Gasteiger charge is 2.37. The summed E-state index contributed by atoms with van der Waals surface area (Å²) in [6.07, 6.45) is 6.85. The van der Waals surface area contributed by atoms with E-state index in [9.17, 15) is 0 Å².